The van der Waals surface area contributed by atoms with Crippen LogP contribution in [0.3, 0.4) is 0 Å². The van der Waals surface area contributed by atoms with Gasteiger partial charge in [0.05, 0.1) is 5.69 Å². The van der Waals surface area contributed by atoms with Crippen molar-refractivity contribution in [3.63, 3.8) is 0 Å². The van der Waals surface area contributed by atoms with Crippen molar-refractivity contribution >= 4 is 22.5 Å². The van der Waals surface area contributed by atoms with Gasteiger partial charge in [-0.2, -0.15) is 0 Å². The molecule has 0 atom stereocenters. The summed E-state index contributed by atoms with van der Waals surface area (Å²) in [6, 6.07) is 26.2. The topological polar surface area (TPSA) is 49.3 Å². The first kappa shape index (κ1) is 19.2. The third kappa shape index (κ3) is 3.87. The molecule has 2 heterocycles. The van der Waals surface area contributed by atoms with Crippen molar-refractivity contribution < 1.29 is 4.79 Å². The molecule has 5 rings (SSSR count). The molecule has 0 radical (unpaired) electrons. The van der Waals surface area contributed by atoms with Gasteiger partial charge < -0.3 is 9.80 Å². The molecular formula is C26H24N4O. The zero-order valence-electron chi connectivity index (χ0n) is 17.5. The largest absolute Gasteiger partial charge is 0.353 e. The van der Waals surface area contributed by atoms with Crippen molar-refractivity contribution in [3.8, 4) is 11.3 Å². The Morgan fingerprint density at radius 2 is 1.52 bits per heavy atom. The minimum Gasteiger partial charge on any atom is -0.353 e. The minimum atomic E-state index is 0.0975. The van der Waals surface area contributed by atoms with Crippen LogP contribution >= 0.6 is 0 Å². The van der Waals surface area contributed by atoms with Crippen LogP contribution in [-0.2, 0) is 0 Å². The molecule has 0 unspecified atom stereocenters. The third-order valence-electron chi connectivity index (χ3n) is 5.80. The Morgan fingerprint density at radius 1 is 0.806 bits per heavy atom. The van der Waals surface area contributed by atoms with Crippen LogP contribution in [0.2, 0.25) is 0 Å². The highest BCUT2D eigenvalue weighted by Crippen LogP contribution is 2.24. The number of aromatic nitrogens is 2. The Balaban J connectivity index is 1.34. The average molecular weight is 409 g/mol. The molecule has 1 saturated heterocycles. The van der Waals surface area contributed by atoms with Crippen LogP contribution in [0, 0.1) is 6.92 Å². The van der Waals surface area contributed by atoms with E-state index in [-0.39, 0.29) is 5.91 Å². The molecule has 1 fully saturated rings. The summed E-state index contributed by atoms with van der Waals surface area (Å²) >= 11 is 0. The molecule has 3 aromatic carbocycles. The minimum absolute atomic E-state index is 0.0975. The molecule has 5 nitrogen and oxygen atoms in total. The maximum atomic E-state index is 13.2. The van der Waals surface area contributed by atoms with E-state index >= 15 is 0 Å². The number of nitrogens with zero attached hydrogens (tertiary/aromatic N) is 4. The number of hydrogen-bond donors (Lipinski definition) is 0. The Hall–Kier alpha value is -3.73. The fourth-order valence-corrected chi connectivity index (χ4v) is 4.19. The standard InChI is InChI=1S/C26H24N4O/c1-19-27-24(21-9-3-2-4-10-21)18-25(28-19)29-14-16-30(17-15-29)26(31)23-13-7-11-20-8-5-6-12-22(20)23/h2-13,18H,14-17H2,1H3. The van der Waals surface area contributed by atoms with Crippen molar-refractivity contribution in [1.29, 1.82) is 0 Å². The van der Waals surface area contributed by atoms with Gasteiger partial charge in [0.25, 0.3) is 5.91 Å². The van der Waals surface area contributed by atoms with E-state index in [9.17, 15) is 4.79 Å². The van der Waals surface area contributed by atoms with Gasteiger partial charge in [-0.1, -0.05) is 66.7 Å². The molecule has 0 aliphatic carbocycles. The lowest BCUT2D eigenvalue weighted by Crippen LogP contribution is -2.49. The van der Waals surface area contributed by atoms with Gasteiger partial charge in [0.15, 0.2) is 0 Å². The first-order chi connectivity index (χ1) is 15.2. The van der Waals surface area contributed by atoms with Crippen LogP contribution in [0.1, 0.15) is 16.2 Å². The van der Waals surface area contributed by atoms with Crippen molar-refractivity contribution in [1.82, 2.24) is 14.9 Å². The predicted octanol–water partition coefficient (Wildman–Crippen LogP) is 4.57. The fourth-order valence-electron chi connectivity index (χ4n) is 4.19. The molecule has 4 aromatic rings. The fraction of sp³-hybridized carbons (Fsp3) is 0.192. The van der Waals surface area contributed by atoms with E-state index < -0.39 is 0 Å². The van der Waals surface area contributed by atoms with Crippen LogP contribution in [0.5, 0.6) is 0 Å². The second kappa shape index (κ2) is 8.19. The lowest BCUT2D eigenvalue weighted by atomic mass is 10.0. The lowest BCUT2D eigenvalue weighted by molar-refractivity contribution is 0.0748. The highest BCUT2D eigenvalue weighted by Gasteiger charge is 2.24. The molecule has 1 aliphatic rings. The van der Waals surface area contributed by atoms with E-state index in [1.165, 1.54) is 0 Å². The van der Waals surface area contributed by atoms with Gasteiger partial charge in [-0.3, -0.25) is 4.79 Å². The summed E-state index contributed by atoms with van der Waals surface area (Å²) in [5.41, 5.74) is 2.78. The number of carbonyl (C=O) groups is 1. The maximum Gasteiger partial charge on any atom is 0.254 e. The van der Waals surface area contributed by atoms with Gasteiger partial charge in [0, 0.05) is 43.4 Å². The molecule has 1 aromatic heterocycles. The smallest absolute Gasteiger partial charge is 0.254 e. The summed E-state index contributed by atoms with van der Waals surface area (Å²) in [4.78, 5) is 26.7. The van der Waals surface area contributed by atoms with E-state index in [0.717, 1.165) is 52.3 Å². The van der Waals surface area contributed by atoms with Gasteiger partial charge in [0.2, 0.25) is 0 Å². The molecule has 0 saturated carbocycles. The number of hydrogen-bond acceptors (Lipinski definition) is 4. The van der Waals surface area contributed by atoms with Crippen molar-refractivity contribution in [3.05, 3.63) is 90.3 Å². The molecule has 1 amide bonds. The Labute approximate surface area is 182 Å². The summed E-state index contributed by atoms with van der Waals surface area (Å²) in [6.45, 7) is 4.77. The molecular weight excluding hydrogens is 384 g/mol. The van der Waals surface area contributed by atoms with E-state index in [1.807, 2.05) is 78.6 Å². The van der Waals surface area contributed by atoms with Gasteiger partial charge in [0.1, 0.15) is 11.6 Å². The zero-order valence-corrected chi connectivity index (χ0v) is 17.5. The van der Waals surface area contributed by atoms with Crippen LogP contribution in [-0.4, -0.2) is 47.0 Å². The second-order valence-corrected chi connectivity index (χ2v) is 7.83. The first-order valence-electron chi connectivity index (χ1n) is 10.6. The SMILES string of the molecule is Cc1nc(-c2ccccc2)cc(N2CCN(C(=O)c3cccc4ccccc34)CC2)n1. The van der Waals surface area contributed by atoms with Gasteiger partial charge in [-0.05, 0) is 23.8 Å². The zero-order chi connectivity index (χ0) is 21.2. The molecule has 0 N–H and O–H groups in total. The second-order valence-electron chi connectivity index (χ2n) is 7.83. The van der Waals surface area contributed by atoms with E-state index in [1.54, 1.807) is 0 Å². The summed E-state index contributed by atoms with van der Waals surface area (Å²) in [7, 11) is 0. The Morgan fingerprint density at radius 3 is 2.32 bits per heavy atom. The van der Waals surface area contributed by atoms with Crippen LogP contribution in [0.4, 0.5) is 5.82 Å². The Kier molecular flexibility index (Phi) is 5.08. The van der Waals surface area contributed by atoms with Gasteiger partial charge in [-0.15, -0.1) is 0 Å². The third-order valence-corrected chi connectivity index (χ3v) is 5.80. The van der Waals surface area contributed by atoms with Crippen molar-refractivity contribution in [2.24, 2.45) is 0 Å². The van der Waals surface area contributed by atoms with Crippen LogP contribution in [0.15, 0.2) is 78.9 Å². The van der Waals surface area contributed by atoms with Crippen LogP contribution in [0.25, 0.3) is 22.0 Å². The number of carbonyl (C=O) groups excluding carboxylic acids is 1. The van der Waals surface area contributed by atoms with E-state index in [4.69, 9.17) is 0 Å². The first-order valence-corrected chi connectivity index (χ1v) is 10.6. The summed E-state index contributed by atoms with van der Waals surface area (Å²) < 4.78 is 0. The quantitative estimate of drug-likeness (QED) is 0.498. The monoisotopic (exact) mass is 408 g/mol. The average Bonchev–Trinajstić information content (AvgIpc) is 2.83. The van der Waals surface area contributed by atoms with Crippen molar-refractivity contribution in [2.75, 3.05) is 31.1 Å². The van der Waals surface area contributed by atoms with E-state index in [0.29, 0.717) is 13.1 Å². The molecule has 0 spiro atoms. The molecule has 0 bridgehead atoms. The van der Waals surface area contributed by atoms with E-state index in [2.05, 4.69) is 27.0 Å². The summed E-state index contributed by atoms with van der Waals surface area (Å²) in [6.07, 6.45) is 0. The normalized spacial score (nSPS) is 14.1. The number of benzene rings is 3. The highest BCUT2D eigenvalue weighted by atomic mass is 16.2. The number of fused-ring (bicyclic) bond motifs is 1. The van der Waals surface area contributed by atoms with Gasteiger partial charge in [-0.25, -0.2) is 9.97 Å². The maximum absolute atomic E-state index is 13.2. The molecule has 31 heavy (non-hydrogen) atoms. The lowest BCUT2D eigenvalue weighted by Gasteiger charge is -2.35. The van der Waals surface area contributed by atoms with Gasteiger partial charge >= 0.3 is 0 Å². The number of aryl methyl sites for hydroxylation is 1. The Bertz CT molecular complexity index is 1230. The summed E-state index contributed by atoms with van der Waals surface area (Å²) in [5, 5.41) is 2.10. The molecule has 5 heteroatoms. The van der Waals surface area contributed by atoms with Crippen molar-refractivity contribution in [2.45, 2.75) is 6.92 Å². The number of anilines is 1. The van der Waals surface area contributed by atoms with Crippen LogP contribution < -0.4 is 4.90 Å². The number of rotatable bonds is 3. The molecule has 154 valence electrons. The molecule has 1 aliphatic heterocycles. The predicted molar refractivity (Wildman–Crippen MR) is 124 cm³/mol. The number of amides is 1. The highest BCUT2D eigenvalue weighted by molar-refractivity contribution is 6.07. The number of piperazine rings is 1. The summed E-state index contributed by atoms with van der Waals surface area (Å²) in [5.74, 6) is 1.77.